The molecular formula is C13H17NO5S2. The quantitative estimate of drug-likeness (QED) is 0.892. The van der Waals surface area contributed by atoms with Crippen LogP contribution in [0.15, 0.2) is 23.1 Å². The van der Waals surface area contributed by atoms with Gasteiger partial charge in [-0.25, -0.2) is 8.42 Å². The highest BCUT2D eigenvalue weighted by molar-refractivity contribution is 7.99. The minimum absolute atomic E-state index is 0.0963. The molecule has 1 aromatic rings. The molecule has 6 nitrogen and oxygen atoms in total. The van der Waals surface area contributed by atoms with Crippen LogP contribution in [0.3, 0.4) is 0 Å². The van der Waals surface area contributed by atoms with Gasteiger partial charge in [0.15, 0.2) is 0 Å². The second kappa shape index (κ2) is 6.25. The molecule has 0 aromatic heterocycles. The minimum Gasteiger partial charge on any atom is -0.496 e. The minimum atomic E-state index is -3.82. The summed E-state index contributed by atoms with van der Waals surface area (Å²) in [5.74, 6) is 0.343. The Morgan fingerprint density at radius 2 is 2.19 bits per heavy atom. The highest BCUT2D eigenvalue weighted by Gasteiger charge is 2.38. The number of carbonyl (C=O) groups is 1. The van der Waals surface area contributed by atoms with Crippen LogP contribution >= 0.6 is 11.8 Å². The van der Waals surface area contributed by atoms with Gasteiger partial charge in [0.1, 0.15) is 11.8 Å². The van der Waals surface area contributed by atoms with Crippen LogP contribution < -0.4 is 4.74 Å². The average molecular weight is 331 g/mol. The van der Waals surface area contributed by atoms with E-state index in [0.717, 1.165) is 4.31 Å². The van der Waals surface area contributed by atoms with Gasteiger partial charge < -0.3 is 9.84 Å². The topological polar surface area (TPSA) is 83.9 Å². The Labute approximate surface area is 128 Å². The second-order valence-corrected chi connectivity index (χ2v) is 7.72. The van der Waals surface area contributed by atoms with Gasteiger partial charge in [-0.05, 0) is 30.7 Å². The summed E-state index contributed by atoms with van der Waals surface area (Å²) in [7, 11) is -2.31. The van der Waals surface area contributed by atoms with Crippen LogP contribution in [0.4, 0.5) is 0 Å². The van der Waals surface area contributed by atoms with Crippen molar-refractivity contribution in [3.05, 3.63) is 23.8 Å². The molecule has 0 bridgehead atoms. The van der Waals surface area contributed by atoms with Gasteiger partial charge in [0.2, 0.25) is 10.0 Å². The van der Waals surface area contributed by atoms with Gasteiger partial charge in [-0.15, -0.1) is 0 Å². The Kier molecular flexibility index (Phi) is 4.80. The van der Waals surface area contributed by atoms with Crippen molar-refractivity contribution in [3.63, 3.8) is 0 Å². The molecule has 0 spiro atoms. The van der Waals surface area contributed by atoms with Crippen molar-refractivity contribution in [1.82, 2.24) is 4.31 Å². The van der Waals surface area contributed by atoms with Gasteiger partial charge in [-0.2, -0.15) is 16.1 Å². The molecule has 1 fully saturated rings. The third kappa shape index (κ3) is 3.17. The van der Waals surface area contributed by atoms with E-state index in [1.165, 1.54) is 31.0 Å². The smallest absolute Gasteiger partial charge is 0.322 e. The molecule has 0 radical (unpaired) electrons. The number of aryl methyl sites for hydroxylation is 1. The number of carboxylic acid groups (broad SMARTS) is 1. The van der Waals surface area contributed by atoms with E-state index in [4.69, 9.17) is 4.74 Å². The summed E-state index contributed by atoms with van der Waals surface area (Å²) < 4.78 is 31.5. The molecule has 1 N–H and O–H groups in total. The number of thioether (sulfide) groups is 1. The summed E-state index contributed by atoms with van der Waals surface area (Å²) in [4.78, 5) is 11.4. The van der Waals surface area contributed by atoms with Crippen LogP contribution in [-0.2, 0) is 14.8 Å². The van der Waals surface area contributed by atoms with Gasteiger partial charge in [0.05, 0.1) is 12.0 Å². The molecule has 1 aliphatic heterocycles. The Morgan fingerprint density at radius 3 is 2.76 bits per heavy atom. The number of hydrogen-bond donors (Lipinski definition) is 1. The van der Waals surface area contributed by atoms with E-state index in [2.05, 4.69) is 0 Å². The first kappa shape index (κ1) is 16.1. The fourth-order valence-corrected chi connectivity index (χ4v) is 5.13. The lowest BCUT2D eigenvalue weighted by atomic mass is 10.2. The number of hydrogen-bond acceptors (Lipinski definition) is 5. The Hall–Kier alpha value is -1.25. The number of aliphatic carboxylic acids is 1. The van der Waals surface area contributed by atoms with Crippen molar-refractivity contribution in [1.29, 1.82) is 0 Å². The Balaban J connectivity index is 2.40. The SMILES string of the molecule is COc1ccc(S(=O)(=O)N2CCSCC2C(=O)O)cc1C. The van der Waals surface area contributed by atoms with Crippen molar-refractivity contribution in [2.45, 2.75) is 17.9 Å². The lowest BCUT2D eigenvalue weighted by molar-refractivity contribution is -0.140. The number of benzene rings is 1. The fourth-order valence-electron chi connectivity index (χ4n) is 2.22. The van der Waals surface area contributed by atoms with Crippen molar-refractivity contribution >= 4 is 27.8 Å². The first-order valence-corrected chi connectivity index (χ1v) is 8.94. The van der Waals surface area contributed by atoms with E-state index in [9.17, 15) is 18.3 Å². The molecule has 1 heterocycles. The molecular weight excluding hydrogens is 314 g/mol. The van der Waals surface area contributed by atoms with Crippen LogP contribution in [0.1, 0.15) is 5.56 Å². The molecule has 1 unspecified atom stereocenters. The Morgan fingerprint density at radius 1 is 1.48 bits per heavy atom. The number of methoxy groups -OCH3 is 1. The lowest BCUT2D eigenvalue weighted by Crippen LogP contribution is -2.50. The maximum Gasteiger partial charge on any atom is 0.322 e. The van der Waals surface area contributed by atoms with E-state index < -0.39 is 22.0 Å². The zero-order valence-corrected chi connectivity index (χ0v) is 13.4. The molecule has 1 atom stereocenters. The fraction of sp³-hybridized carbons (Fsp3) is 0.462. The Bertz CT molecular complexity index is 644. The number of carboxylic acids is 1. The molecule has 116 valence electrons. The summed E-state index contributed by atoms with van der Waals surface area (Å²) in [6.07, 6.45) is 0. The molecule has 1 saturated heterocycles. The van der Waals surface area contributed by atoms with E-state index >= 15 is 0 Å². The normalized spacial score (nSPS) is 20.2. The summed E-state index contributed by atoms with van der Waals surface area (Å²) >= 11 is 1.45. The number of rotatable bonds is 4. The maximum atomic E-state index is 12.7. The first-order valence-electron chi connectivity index (χ1n) is 6.35. The predicted molar refractivity (Wildman–Crippen MR) is 80.4 cm³/mol. The molecule has 21 heavy (non-hydrogen) atoms. The predicted octanol–water partition coefficient (Wildman–Crippen LogP) is 1.19. The molecule has 8 heteroatoms. The zero-order chi connectivity index (χ0) is 15.6. The number of sulfonamides is 1. The van der Waals surface area contributed by atoms with Gasteiger partial charge >= 0.3 is 5.97 Å². The van der Waals surface area contributed by atoms with Crippen molar-refractivity contribution in [2.24, 2.45) is 0 Å². The molecule has 1 aromatic carbocycles. The second-order valence-electron chi connectivity index (χ2n) is 4.68. The molecule has 0 saturated carbocycles. The van der Waals surface area contributed by atoms with Crippen LogP contribution in [-0.4, -0.2) is 55.0 Å². The van der Waals surface area contributed by atoms with Gasteiger partial charge in [0.25, 0.3) is 0 Å². The number of ether oxygens (including phenoxy) is 1. The van der Waals surface area contributed by atoms with Crippen molar-refractivity contribution in [3.8, 4) is 5.75 Å². The van der Waals surface area contributed by atoms with Crippen LogP contribution in [0.5, 0.6) is 5.75 Å². The monoisotopic (exact) mass is 331 g/mol. The summed E-state index contributed by atoms with van der Waals surface area (Å²) in [6.45, 7) is 1.95. The average Bonchev–Trinajstić information content (AvgIpc) is 2.47. The highest BCUT2D eigenvalue weighted by Crippen LogP contribution is 2.27. The van der Waals surface area contributed by atoms with Crippen molar-refractivity contribution in [2.75, 3.05) is 25.2 Å². The molecule has 1 aliphatic rings. The standard InChI is InChI=1S/C13H17NO5S2/c1-9-7-10(3-4-12(9)19-2)21(17,18)14-5-6-20-8-11(14)13(15)16/h3-4,7,11H,5-6,8H2,1-2H3,(H,15,16). The van der Waals surface area contributed by atoms with Crippen LogP contribution in [0.2, 0.25) is 0 Å². The van der Waals surface area contributed by atoms with Gasteiger partial charge in [0, 0.05) is 18.1 Å². The summed E-state index contributed by atoms with van der Waals surface area (Å²) in [5, 5.41) is 9.22. The van der Waals surface area contributed by atoms with Crippen LogP contribution in [0, 0.1) is 6.92 Å². The molecule has 0 aliphatic carbocycles. The van der Waals surface area contributed by atoms with Gasteiger partial charge in [-0.3, -0.25) is 4.79 Å². The lowest BCUT2D eigenvalue weighted by Gasteiger charge is -2.31. The first-order chi connectivity index (χ1) is 9.87. The van der Waals surface area contributed by atoms with Crippen molar-refractivity contribution < 1.29 is 23.1 Å². The summed E-state index contributed by atoms with van der Waals surface area (Å²) in [6, 6.07) is 3.52. The van der Waals surface area contributed by atoms with E-state index in [-0.39, 0.29) is 17.2 Å². The van der Waals surface area contributed by atoms with E-state index in [1.54, 1.807) is 13.0 Å². The molecule has 0 amide bonds. The summed E-state index contributed by atoms with van der Waals surface area (Å²) in [5.41, 5.74) is 0.692. The molecule has 2 rings (SSSR count). The van der Waals surface area contributed by atoms with Gasteiger partial charge in [-0.1, -0.05) is 0 Å². The zero-order valence-electron chi connectivity index (χ0n) is 11.8. The van der Waals surface area contributed by atoms with E-state index in [1.807, 2.05) is 0 Å². The largest absolute Gasteiger partial charge is 0.496 e. The van der Waals surface area contributed by atoms with E-state index in [0.29, 0.717) is 17.1 Å². The number of nitrogens with zero attached hydrogens (tertiary/aromatic N) is 1. The third-order valence-corrected chi connectivity index (χ3v) is 6.26. The highest BCUT2D eigenvalue weighted by atomic mass is 32.2. The third-order valence-electron chi connectivity index (χ3n) is 3.34. The van der Waals surface area contributed by atoms with Crippen LogP contribution in [0.25, 0.3) is 0 Å². The maximum absolute atomic E-state index is 12.7.